The van der Waals surface area contributed by atoms with Crippen molar-refractivity contribution in [1.29, 1.82) is 0 Å². The number of anilines is 2. The van der Waals surface area contributed by atoms with E-state index in [0.717, 1.165) is 18.2 Å². The average molecular weight is 257 g/mol. The van der Waals surface area contributed by atoms with Gasteiger partial charge in [-0.05, 0) is 30.7 Å². The molecule has 3 N–H and O–H groups in total. The van der Waals surface area contributed by atoms with Crippen molar-refractivity contribution in [3.63, 3.8) is 0 Å². The molecule has 0 aromatic heterocycles. The van der Waals surface area contributed by atoms with Crippen LogP contribution >= 0.6 is 11.6 Å². The van der Waals surface area contributed by atoms with Gasteiger partial charge in [-0.15, -0.1) is 0 Å². The molecule has 1 aromatic rings. The van der Waals surface area contributed by atoms with E-state index in [0.29, 0.717) is 11.6 Å². The molecule has 0 heterocycles. The molecule has 0 bridgehead atoms. The molecule has 4 heteroatoms. The first-order valence-electron chi connectivity index (χ1n) is 6.04. The van der Waals surface area contributed by atoms with Gasteiger partial charge in [0.2, 0.25) is 0 Å². The minimum Gasteiger partial charge on any atom is -0.397 e. The van der Waals surface area contributed by atoms with Gasteiger partial charge in [0.15, 0.2) is 0 Å². The quantitative estimate of drug-likeness (QED) is 0.805. The van der Waals surface area contributed by atoms with E-state index in [-0.39, 0.29) is 5.02 Å². The van der Waals surface area contributed by atoms with E-state index in [4.69, 9.17) is 17.3 Å². The van der Waals surface area contributed by atoms with E-state index in [9.17, 15) is 4.39 Å². The summed E-state index contributed by atoms with van der Waals surface area (Å²) in [6.07, 6.45) is 3.80. The highest BCUT2D eigenvalue weighted by Gasteiger charge is 2.21. The van der Waals surface area contributed by atoms with Crippen molar-refractivity contribution in [2.24, 2.45) is 11.8 Å². The van der Waals surface area contributed by atoms with Crippen molar-refractivity contribution in [3.05, 3.63) is 23.0 Å². The number of benzene rings is 1. The fourth-order valence-corrected chi connectivity index (χ4v) is 2.64. The Hall–Kier alpha value is -0.960. The van der Waals surface area contributed by atoms with Gasteiger partial charge in [-0.25, -0.2) is 4.39 Å². The molecule has 1 fully saturated rings. The van der Waals surface area contributed by atoms with Crippen LogP contribution in [0.2, 0.25) is 5.02 Å². The second-order valence-corrected chi connectivity index (χ2v) is 5.43. The summed E-state index contributed by atoms with van der Waals surface area (Å²) in [7, 11) is 0. The predicted molar refractivity (Wildman–Crippen MR) is 70.8 cm³/mol. The predicted octanol–water partition coefficient (Wildman–Crippen LogP) is 3.91. The van der Waals surface area contributed by atoms with Crippen molar-refractivity contribution >= 4 is 23.0 Å². The number of nitrogens with two attached hydrogens (primary N) is 1. The van der Waals surface area contributed by atoms with Crippen LogP contribution in [-0.2, 0) is 0 Å². The van der Waals surface area contributed by atoms with Crippen LogP contribution in [0.4, 0.5) is 15.8 Å². The number of nitrogens with one attached hydrogen (secondary N) is 1. The molecular formula is C13H18ClFN2. The number of rotatable bonds is 3. The molecule has 0 amide bonds. The van der Waals surface area contributed by atoms with Gasteiger partial charge >= 0.3 is 0 Å². The van der Waals surface area contributed by atoms with E-state index in [1.165, 1.54) is 25.3 Å². The Bertz CT molecular complexity index is 409. The first kappa shape index (κ1) is 12.5. The van der Waals surface area contributed by atoms with Crippen LogP contribution in [0.3, 0.4) is 0 Å². The van der Waals surface area contributed by atoms with Gasteiger partial charge < -0.3 is 11.1 Å². The van der Waals surface area contributed by atoms with Gasteiger partial charge in [-0.3, -0.25) is 0 Å². The van der Waals surface area contributed by atoms with Crippen molar-refractivity contribution < 1.29 is 4.39 Å². The molecule has 2 nitrogen and oxygen atoms in total. The normalized spacial score (nSPS) is 23.9. The van der Waals surface area contributed by atoms with Crippen LogP contribution in [-0.4, -0.2) is 6.54 Å². The van der Waals surface area contributed by atoms with E-state index >= 15 is 0 Å². The summed E-state index contributed by atoms with van der Waals surface area (Å²) in [5, 5.41) is 3.38. The Morgan fingerprint density at radius 3 is 2.88 bits per heavy atom. The lowest BCUT2D eigenvalue weighted by molar-refractivity contribution is 0.537. The van der Waals surface area contributed by atoms with Crippen LogP contribution < -0.4 is 11.1 Å². The first-order chi connectivity index (χ1) is 8.06. The van der Waals surface area contributed by atoms with Crippen LogP contribution in [0.1, 0.15) is 26.2 Å². The second kappa shape index (κ2) is 5.13. The third kappa shape index (κ3) is 3.03. The zero-order chi connectivity index (χ0) is 12.4. The highest BCUT2D eigenvalue weighted by Crippen LogP contribution is 2.32. The highest BCUT2D eigenvalue weighted by molar-refractivity contribution is 6.31. The molecular weight excluding hydrogens is 239 g/mol. The SMILES string of the molecule is CC1CCC(CNc2cc(Cl)c(F)cc2N)C1. The number of hydrogen-bond donors (Lipinski definition) is 2. The van der Waals surface area contributed by atoms with E-state index in [1.54, 1.807) is 6.07 Å². The molecule has 1 aliphatic carbocycles. The van der Waals surface area contributed by atoms with Gasteiger partial charge in [-0.1, -0.05) is 24.9 Å². The van der Waals surface area contributed by atoms with Crippen LogP contribution in [0.5, 0.6) is 0 Å². The van der Waals surface area contributed by atoms with Gasteiger partial charge in [0, 0.05) is 12.6 Å². The largest absolute Gasteiger partial charge is 0.397 e. The Morgan fingerprint density at radius 2 is 2.24 bits per heavy atom. The number of hydrogen-bond acceptors (Lipinski definition) is 2. The Labute approximate surface area is 106 Å². The molecule has 0 aliphatic heterocycles. The van der Waals surface area contributed by atoms with Gasteiger partial charge in [0.25, 0.3) is 0 Å². The Kier molecular flexibility index (Phi) is 3.77. The molecule has 1 aliphatic rings. The zero-order valence-corrected chi connectivity index (χ0v) is 10.7. The van der Waals surface area contributed by atoms with Crippen molar-refractivity contribution in [2.75, 3.05) is 17.6 Å². The summed E-state index contributed by atoms with van der Waals surface area (Å²) in [5.74, 6) is 1.04. The van der Waals surface area contributed by atoms with Crippen molar-refractivity contribution in [3.8, 4) is 0 Å². The van der Waals surface area contributed by atoms with Crippen LogP contribution in [0.25, 0.3) is 0 Å². The van der Waals surface area contributed by atoms with Crippen molar-refractivity contribution in [2.45, 2.75) is 26.2 Å². The van der Waals surface area contributed by atoms with Crippen molar-refractivity contribution in [1.82, 2.24) is 0 Å². The summed E-state index contributed by atoms with van der Waals surface area (Å²) in [5.41, 5.74) is 6.89. The standard InChI is InChI=1S/C13H18ClFN2/c1-8-2-3-9(4-8)7-17-13-5-10(14)11(15)6-12(13)16/h5-6,8-9,17H,2-4,7,16H2,1H3. The molecule has 0 radical (unpaired) electrons. The molecule has 2 unspecified atom stereocenters. The lowest BCUT2D eigenvalue weighted by Gasteiger charge is -2.14. The number of halogens is 2. The van der Waals surface area contributed by atoms with Crippen LogP contribution in [0.15, 0.2) is 12.1 Å². The fraction of sp³-hybridized carbons (Fsp3) is 0.538. The third-order valence-corrected chi connectivity index (χ3v) is 3.77. The van der Waals surface area contributed by atoms with E-state index < -0.39 is 5.82 Å². The Balaban J connectivity index is 1.97. The molecule has 1 aromatic carbocycles. The summed E-state index contributed by atoms with van der Waals surface area (Å²) >= 11 is 5.73. The summed E-state index contributed by atoms with van der Waals surface area (Å²) in [4.78, 5) is 0. The maximum atomic E-state index is 13.1. The van der Waals surface area contributed by atoms with E-state index in [1.807, 2.05) is 0 Å². The maximum Gasteiger partial charge on any atom is 0.143 e. The molecule has 2 rings (SSSR count). The minimum absolute atomic E-state index is 0.112. The topological polar surface area (TPSA) is 38.0 Å². The minimum atomic E-state index is -0.468. The lowest BCUT2D eigenvalue weighted by atomic mass is 10.1. The van der Waals surface area contributed by atoms with E-state index in [2.05, 4.69) is 12.2 Å². The van der Waals surface area contributed by atoms with Gasteiger partial charge in [0.1, 0.15) is 5.82 Å². The highest BCUT2D eigenvalue weighted by atomic mass is 35.5. The summed E-state index contributed by atoms with van der Waals surface area (Å²) in [6, 6.07) is 2.83. The molecule has 94 valence electrons. The molecule has 17 heavy (non-hydrogen) atoms. The third-order valence-electron chi connectivity index (χ3n) is 3.48. The average Bonchev–Trinajstić information content (AvgIpc) is 2.68. The van der Waals surface area contributed by atoms with Gasteiger partial charge in [0.05, 0.1) is 16.4 Å². The Morgan fingerprint density at radius 1 is 1.47 bits per heavy atom. The summed E-state index contributed by atoms with van der Waals surface area (Å²) in [6.45, 7) is 3.17. The summed E-state index contributed by atoms with van der Waals surface area (Å²) < 4.78 is 13.1. The fourth-order valence-electron chi connectivity index (χ4n) is 2.48. The first-order valence-corrected chi connectivity index (χ1v) is 6.42. The molecule has 1 saturated carbocycles. The number of nitrogen functional groups attached to an aromatic ring is 1. The maximum absolute atomic E-state index is 13.1. The molecule has 0 saturated heterocycles. The lowest BCUT2D eigenvalue weighted by Crippen LogP contribution is -2.12. The molecule has 0 spiro atoms. The zero-order valence-electron chi connectivity index (χ0n) is 9.97. The second-order valence-electron chi connectivity index (χ2n) is 5.02. The monoisotopic (exact) mass is 256 g/mol. The smallest absolute Gasteiger partial charge is 0.143 e. The van der Waals surface area contributed by atoms with Gasteiger partial charge in [-0.2, -0.15) is 0 Å². The van der Waals surface area contributed by atoms with Crippen LogP contribution in [0, 0.1) is 17.7 Å². The molecule has 2 atom stereocenters.